The van der Waals surface area contributed by atoms with Crippen LogP contribution in [-0.4, -0.2) is 86.8 Å². The summed E-state index contributed by atoms with van der Waals surface area (Å²) in [4.78, 5) is 67.2. The van der Waals surface area contributed by atoms with Crippen LogP contribution in [0.5, 0.6) is 5.75 Å². The highest BCUT2D eigenvalue weighted by atomic mass is 16.5. The zero-order valence-corrected chi connectivity index (χ0v) is 27.9. The molecule has 2 bridgehead atoms. The number of aromatic nitrogens is 3. The third kappa shape index (κ3) is 8.75. The number of nitrogens with zero attached hydrogens (tertiary/aromatic N) is 5. The molecule has 5 rings (SSSR count). The molecule has 4 amide bonds. The maximum atomic E-state index is 14.2. The first-order valence-corrected chi connectivity index (χ1v) is 16.8. The molecule has 13 nitrogen and oxygen atoms in total. The second kappa shape index (κ2) is 16.3. The van der Waals surface area contributed by atoms with Crippen molar-refractivity contribution in [3.8, 4) is 5.75 Å². The molecule has 4 heterocycles. The van der Waals surface area contributed by atoms with Crippen molar-refractivity contribution >= 4 is 23.6 Å². The molecular weight excluding hydrogens is 614 g/mol. The number of benzene rings is 1. The normalized spacial score (nSPS) is 22.0. The van der Waals surface area contributed by atoms with Crippen molar-refractivity contribution in [3.63, 3.8) is 0 Å². The third-order valence-electron chi connectivity index (χ3n) is 8.77. The monoisotopic (exact) mass is 659 g/mol. The lowest BCUT2D eigenvalue weighted by Crippen LogP contribution is -2.57. The molecule has 2 aliphatic rings. The molecule has 3 aromatic rings. The van der Waals surface area contributed by atoms with Gasteiger partial charge in [0.05, 0.1) is 5.56 Å². The molecule has 0 aliphatic carbocycles. The van der Waals surface area contributed by atoms with E-state index in [0.29, 0.717) is 56.2 Å². The minimum Gasteiger partial charge on any atom is -0.485 e. The van der Waals surface area contributed by atoms with Crippen molar-refractivity contribution in [2.75, 3.05) is 20.1 Å². The molecule has 0 radical (unpaired) electrons. The van der Waals surface area contributed by atoms with Crippen LogP contribution in [0.15, 0.2) is 53.3 Å². The summed E-state index contributed by atoms with van der Waals surface area (Å²) in [5.41, 5.74) is 1.08. The summed E-state index contributed by atoms with van der Waals surface area (Å²) >= 11 is 0. The van der Waals surface area contributed by atoms with Gasteiger partial charge in [0.1, 0.15) is 23.9 Å². The Bertz CT molecular complexity index is 1560. The number of hydrogen-bond acceptors (Lipinski definition) is 9. The zero-order valence-electron chi connectivity index (χ0n) is 27.9. The van der Waals surface area contributed by atoms with Crippen LogP contribution >= 0.6 is 0 Å². The van der Waals surface area contributed by atoms with Crippen LogP contribution in [0.25, 0.3) is 0 Å². The average molecular weight is 660 g/mol. The summed E-state index contributed by atoms with van der Waals surface area (Å²) in [7, 11) is 1.62. The van der Waals surface area contributed by atoms with Crippen LogP contribution in [0.2, 0.25) is 0 Å². The van der Waals surface area contributed by atoms with Crippen molar-refractivity contribution in [2.45, 2.75) is 89.9 Å². The highest BCUT2D eigenvalue weighted by Gasteiger charge is 2.41. The van der Waals surface area contributed by atoms with Gasteiger partial charge in [-0.3, -0.25) is 24.2 Å². The predicted molar refractivity (Wildman–Crippen MR) is 176 cm³/mol. The second-order valence-electron chi connectivity index (χ2n) is 12.9. The molecule has 1 aromatic carbocycles. The molecule has 1 saturated heterocycles. The van der Waals surface area contributed by atoms with Crippen molar-refractivity contribution in [2.24, 2.45) is 5.92 Å². The number of nitrogens with one attached hydrogen (secondary N) is 2. The van der Waals surface area contributed by atoms with Crippen molar-refractivity contribution < 1.29 is 28.4 Å². The van der Waals surface area contributed by atoms with Gasteiger partial charge in [0, 0.05) is 45.4 Å². The first kappa shape index (κ1) is 34.5. The molecule has 0 unspecified atom stereocenters. The van der Waals surface area contributed by atoms with E-state index >= 15 is 0 Å². The fourth-order valence-electron chi connectivity index (χ4n) is 6.23. The van der Waals surface area contributed by atoms with Gasteiger partial charge in [0.15, 0.2) is 6.61 Å². The number of carbonyl (C=O) groups excluding carboxylic acids is 4. The van der Waals surface area contributed by atoms with Gasteiger partial charge in [0.25, 0.3) is 5.91 Å². The van der Waals surface area contributed by atoms with Gasteiger partial charge < -0.3 is 29.7 Å². The number of para-hydroxylation sites is 1. The Kier molecular flexibility index (Phi) is 11.8. The van der Waals surface area contributed by atoms with Gasteiger partial charge in [0.2, 0.25) is 29.4 Å². The average Bonchev–Trinajstić information content (AvgIpc) is 3.76. The highest BCUT2D eigenvalue weighted by Crippen LogP contribution is 2.25. The summed E-state index contributed by atoms with van der Waals surface area (Å²) < 4.78 is 11.3. The number of carbonyl (C=O) groups is 4. The Morgan fingerprint density at radius 1 is 1.00 bits per heavy atom. The first-order valence-electron chi connectivity index (χ1n) is 16.8. The summed E-state index contributed by atoms with van der Waals surface area (Å²) in [6.45, 7) is 4.76. The van der Waals surface area contributed by atoms with E-state index in [1.54, 1.807) is 54.7 Å². The third-order valence-corrected chi connectivity index (χ3v) is 8.77. The fraction of sp³-hybridized carbons (Fsp3) is 0.514. The maximum Gasteiger partial charge on any atom is 0.255 e. The predicted octanol–water partition coefficient (Wildman–Crippen LogP) is 3.09. The Labute approximate surface area is 280 Å². The lowest BCUT2D eigenvalue weighted by molar-refractivity contribution is -0.147. The molecule has 0 spiro atoms. The molecule has 13 heteroatoms. The van der Waals surface area contributed by atoms with Crippen molar-refractivity contribution in [1.29, 1.82) is 0 Å². The molecule has 256 valence electrons. The minimum absolute atomic E-state index is 0.000520. The van der Waals surface area contributed by atoms with Crippen molar-refractivity contribution in [1.82, 2.24) is 35.6 Å². The van der Waals surface area contributed by atoms with Crippen LogP contribution in [0.4, 0.5) is 0 Å². The fourth-order valence-corrected chi connectivity index (χ4v) is 6.23. The Morgan fingerprint density at radius 2 is 1.83 bits per heavy atom. The molecule has 1 fully saturated rings. The minimum atomic E-state index is -0.875. The number of rotatable bonds is 4. The van der Waals surface area contributed by atoms with E-state index in [2.05, 4.69) is 25.8 Å². The van der Waals surface area contributed by atoms with Crippen molar-refractivity contribution in [3.05, 3.63) is 71.6 Å². The highest BCUT2D eigenvalue weighted by molar-refractivity contribution is 6.00. The van der Waals surface area contributed by atoms with Crippen LogP contribution in [0.1, 0.15) is 80.0 Å². The largest absolute Gasteiger partial charge is 0.485 e. The van der Waals surface area contributed by atoms with E-state index in [1.807, 2.05) is 19.9 Å². The molecule has 2 N–H and O–H groups in total. The number of ether oxygens (including phenoxy) is 1. The first-order chi connectivity index (χ1) is 23.2. The number of aryl methyl sites for hydroxylation is 1. The SMILES string of the molecule is CC(C)C[C@H]1NC(=O)c2ccccc2OCc2noc(n2)CCCCCNC(=O)[C@H](Cc2cccnc2)N(C)C(=O)[C@H]2CCCN2C1=O. The smallest absolute Gasteiger partial charge is 0.255 e. The Morgan fingerprint density at radius 3 is 2.62 bits per heavy atom. The summed E-state index contributed by atoms with van der Waals surface area (Å²) in [6, 6.07) is 8.03. The van der Waals surface area contributed by atoms with E-state index in [-0.39, 0.29) is 42.2 Å². The van der Waals surface area contributed by atoms with E-state index in [1.165, 1.54) is 4.90 Å². The molecule has 2 aromatic heterocycles. The summed E-state index contributed by atoms with van der Waals surface area (Å²) in [5.74, 6) is -0.142. The number of fused-ring (bicyclic) bond motifs is 4. The van der Waals surface area contributed by atoms with Crippen LogP contribution in [-0.2, 0) is 33.8 Å². The molecule has 48 heavy (non-hydrogen) atoms. The number of likely N-dealkylation sites (N-methyl/N-ethyl adjacent to an activating group) is 1. The zero-order chi connectivity index (χ0) is 34.0. The lowest BCUT2D eigenvalue weighted by atomic mass is 10.0. The van der Waals surface area contributed by atoms with E-state index in [0.717, 1.165) is 24.8 Å². The standard InChI is InChI=1S/C35H45N7O6/c1-23(2)19-26-34(45)42-18-10-13-27(42)35(46)41(3)28(20-24-11-9-16-36-21-24)33(44)37-17-8-4-5-15-31-39-30(40-48-31)22-47-29-14-7-6-12-25(29)32(43)38-26/h6-7,9,11-12,14,16,21,23,26-28H,4-5,8,10,13,15,17-20,22H2,1-3H3,(H,37,44)(H,38,43)/t26-,27-,28+/m1/s1. The Balaban J connectivity index is 1.43. The summed E-state index contributed by atoms with van der Waals surface area (Å²) in [6.07, 6.45) is 7.99. The van der Waals surface area contributed by atoms with Gasteiger partial charge in [-0.25, -0.2) is 0 Å². The number of hydrogen-bond donors (Lipinski definition) is 2. The van der Waals surface area contributed by atoms with Gasteiger partial charge in [-0.05, 0) is 61.8 Å². The molecule has 0 saturated carbocycles. The molecule has 3 atom stereocenters. The van der Waals surface area contributed by atoms with Gasteiger partial charge in [-0.15, -0.1) is 0 Å². The summed E-state index contributed by atoms with van der Waals surface area (Å²) in [5, 5.41) is 9.96. The number of pyridine rings is 1. The maximum absolute atomic E-state index is 14.2. The van der Waals surface area contributed by atoms with Crippen LogP contribution < -0.4 is 15.4 Å². The van der Waals surface area contributed by atoms with Crippen LogP contribution in [0.3, 0.4) is 0 Å². The topological polar surface area (TPSA) is 160 Å². The van der Waals surface area contributed by atoms with E-state index in [9.17, 15) is 19.2 Å². The lowest BCUT2D eigenvalue weighted by Gasteiger charge is -2.34. The van der Waals surface area contributed by atoms with Gasteiger partial charge in [-0.2, -0.15) is 4.98 Å². The second-order valence-corrected chi connectivity index (χ2v) is 12.9. The quantitative estimate of drug-likeness (QED) is 0.429. The Hall–Kier alpha value is -4.81. The van der Waals surface area contributed by atoms with E-state index in [4.69, 9.17) is 9.26 Å². The molecular formula is C35H45N7O6. The van der Waals surface area contributed by atoms with Crippen LogP contribution in [0, 0.1) is 5.92 Å². The van der Waals surface area contributed by atoms with Gasteiger partial charge >= 0.3 is 0 Å². The number of amides is 4. The molecule has 2 aliphatic heterocycles. The van der Waals surface area contributed by atoms with E-state index < -0.39 is 24.0 Å². The van der Waals surface area contributed by atoms with Gasteiger partial charge in [-0.1, -0.05) is 43.6 Å².